The second kappa shape index (κ2) is 6.93. The molecule has 1 aliphatic heterocycles. The van der Waals surface area contributed by atoms with E-state index in [4.69, 9.17) is 15.2 Å². The van der Waals surface area contributed by atoms with Crippen LogP contribution in [0.3, 0.4) is 0 Å². The summed E-state index contributed by atoms with van der Waals surface area (Å²) in [5, 5.41) is 3.07. The second-order valence-corrected chi connectivity index (χ2v) is 4.91. The number of hydrogen-bond donors (Lipinski definition) is 2. The van der Waals surface area contributed by atoms with Gasteiger partial charge in [0.25, 0.3) is 0 Å². The van der Waals surface area contributed by atoms with Gasteiger partial charge >= 0.3 is 0 Å². The molecule has 0 aliphatic carbocycles. The first-order valence-electron chi connectivity index (χ1n) is 6.19. The third kappa shape index (κ3) is 4.61. The van der Waals surface area contributed by atoms with Crippen molar-refractivity contribution in [1.82, 2.24) is 5.32 Å². The van der Waals surface area contributed by atoms with Crippen molar-refractivity contribution in [1.29, 1.82) is 0 Å². The lowest BCUT2D eigenvalue weighted by molar-refractivity contribution is -0.125. The third-order valence-electron chi connectivity index (χ3n) is 3.23. The van der Waals surface area contributed by atoms with Crippen molar-refractivity contribution in [3.8, 4) is 0 Å². The van der Waals surface area contributed by atoms with E-state index >= 15 is 0 Å². The molecule has 1 amide bonds. The number of nitrogens with two attached hydrogens (primary N) is 1. The molecular weight excluding hydrogens is 220 g/mol. The number of ether oxygens (including phenoxy) is 2. The summed E-state index contributed by atoms with van der Waals surface area (Å²) in [6.45, 7) is 4.42. The topological polar surface area (TPSA) is 73.6 Å². The van der Waals surface area contributed by atoms with E-state index < -0.39 is 0 Å². The summed E-state index contributed by atoms with van der Waals surface area (Å²) in [6.07, 6.45) is 2.08. The number of amides is 1. The van der Waals surface area contributed by atoms with Gasteiger partial charge in [-0.2, -0.15) is 0 Å². The Labute approximate surface area is 103 Å². The summed E-state index contributed by atoms with van der Waals surface area (Å²) in [7, 11) is 1.65. The molecule has 0 aromatic rings. The maximum absolute atomic E-state index is 11.9. The van der Waals surface area contributed by atoms with E-state index in [1.165, 1.54) is 0 Å². The highest BCUT2D eigenvalue weighted by Gasteiger charge is 2.32. The standard InChI is InChI=1S/C12H24N2O3/c1-10(8-16-2)7-11(15)14-12(9-13)3-5-17-6-4-12/h10H,3-9,13H2,1-2H3,(H,14,15). The first-order valence-corrected chi connectivity index (χ1v) is 6.19. The summed E-state index contributed by atoms with van der Waals surface area (Å²) in [5.41, 5.74) is 5.52. The normalized spacial score (nSPS) is 20.9. The molecule has 100 valence electrons. The summed E-state index contributed by atoms with van der Waals surface area (Å²) < 4.78 is 10.3. The van der Waals surface area contributed by atoms with Crippen LogP contribution in [0.4, 0.5) is 0 Å². The van der Waals surface area contributed by atoms with Crippen molar-refractivity contribution in [3.05, 3.63) is 0 Å². The third-order valence-corrected chi connectivity index (χ3v) is 3.23. The molecule has 0 bridgehead atoms. The van der Waals surface area contributed by atoms with Crippen molar-refractivity contribution >= 4 is 5.91 Å². The van der Waals surface area contributed by atoms with E-state index in [0.717, 1.165) is 12.8 Å². The van der Waals surface area contributed by atoms with E-state index in [-0.39, 0.29) is 17.4 Å². The minimum Gasteiger partial charge on any atom is -0.384 e. The maximum Gasteiger partial charge on any atom is 0.220 e. The molecule has 1 atom stereocenters. The molecule has 0 radical (unpaired) electrons. The molecule has 3 N–H and O–H groups in total. The van der Waals surface area contributed by atoms with Crippen molar-refractivity contribution in [2.45, 2.75) is 31.7 Å². The molecule has 1 unspecified atom stereocenters. The van der Waals surface area contributed by atoms with Gasteiger partial charge in [0.2, 0.25) is 5.91 Å². The minimum absolute atomic E-state index is 0.0573. The van der Waals surface area contributed by atoms with Crippen LogP contribution in [-0.2, 0) is 14.3 Å². The molecule has 5 nitrogen and oxygen atoms in total. The van der Waals surface area contributed by atoms with Crippen molar-refractivity contribution < 1.29 is 14.3 Å². The highest BCUT2D eigenvalue weighted by Crippen LogP contribution is 2.19. The van der Waals surface area contributed by atoms with Gasteiger partial charge in [-0.1, -0.05) is 6.92 Å². The highest BCUT2D eigenvalue weighted by atomic mass is 16.5. The number of rotatable bonds is 6. The van der Waals surface area contributed by atoms with Crippen LogP contribution in [0.2, 0.25) is 0 Å². The van der Waals surface area contributed by atoms with Gasteiger partial charge in [-0.3, -0.25) is 4.79 Å². The smallest absolute Gasteiger partial charge is 0.220 e. The summed E-state index contributed by atoms with van der Waals surface area (Å²) in [4.78, 5) is 11.9. The lowest BCUT2D eigenvalue weighted by Gasteiger charge is -2.37. The molecule has 5 heteroatoms. The Morgan fingerprint density at radius 2 is 2.18 bits per heavy atom. The Kier molecular flexibility index (Phi) is 5.88. The molecular formula is C12H24N2O3. The molecule has 1 rings (SSSR count). The number of methoxy groups -OCH3 is 1. The molecule has 1 saturated heterocycles. The Bertz CT molecular complexity index is 240. The SMILES string of the molecule is COCC(C)CC(=O)NC1(CN)CCOCC1. The van der Waals surface area contributed by atoms with E-state index in [1.54, 1.807) is 7.11 Å². The van der Waals surface area contributed by atoms with Crippen LogP contribution >= 0.6 is 0 Å². The van der Waals surface area contributed by atoms with Gasteiger partial charge in [0.1, 0.15) is 0 Å². The zero-order valence-electron chi connectivity index (χ0n) is 10.8. The number of nitrogens with one attached hydrogen (secondary N) is 1. The lowest BCUT2D eigenvalue weighted by atomic mass is 9.89. The summed E-state index contributed by atoms with van der Waals surface area (Å²) in [5.74, 6) is 0.288. The highest BCUT2D eigenvalue weighted by molar-refractivity contribution is 5.77. The van der Waals surface area contributed by atoms with Gasteiger partial charge in [-0.15, -0.1) is 0 Å². The zero-order chi connectivity index (χ0) is 12.7. The number of carbonyl (C=O) groups excluding carboxylic acids is 1. The van der Waals surface area contributed by atoms with Gasteiger partial charge < -0.3 is 20.5 Å². The molecule has 0 spiro atoms. The largest absolute Gasteiger partial charge is 0.384 e. The van der Waals surface area contributed by atoms with Crippen molar-refractivity contribution in [3.63, 3.8) is 0 Å². The quantitative estimate of drug-likeness (QED) is 0.704. The van der Waals surface area contributed by atoms with E-state index in [2.05, 4.69) is 5.32 Å². The van der Waals surface area contributed by atoms with E-state index in [1.807, 2.05) is 6.92 Å². The Morgan fingerprint density at radius 1 is 1.53 bits per heavy atom. The zero-order valence-corrected chi connectivity index (χ0v) is 10.8. The molecule has 1 heterocycles. The van der Waals surface area contributed by atoms with Crippen molar-refractivity contribution in [2.75, 3.05) is 33.5 Å². The van der Waals surface area contributed by atoms with Crippen LogP contribution in [0.5, 0.6) is 0 Å². The molecule has 1 fully saturated rings. The van der Waals surface area contributed by atoms with Gasteiger partial charge in [0.15, 0.2) is 0 Å². The second-order valence-electron chi connectivity index (χ2n) is 4.91. The fraction of sp³-hybridized carbons (Fsp3) is 0.917. The van der Waals surface area contributed by atoms with Crippen LogP contribution in [0.25, 0.3) is 0 Å². The minimum atomic E-state index is -0.262. The average Bonchev–Trinajstić information content (AvgIpc) is 2.30. The molecule has 0 saturated carbocycles. The van der Waals surface area contributed by atoms with Crippen LogP contribution in [0.1, 0.15) is 26.2 Å². The average molecular weight is 244 g/mol. The van der Waals surface area contributed by atoms with Gasteiger partial charge in [-0.05, 0) is 18.8 Å². The number of carbonyl (C=O) groups is 1. The fourth-order valence-electron chi connectivity index (χ4n) is 2.15. The van der Waals surface area contributed by atoms with Crippen LogP contribution in [0, 0.1) is 5.92 Å². The van der Waals surface area contributed by atoms with Crippen molar-refractivity contribution in [2.24, 2.45) is 11.7 Å². The van der Waals surface area contributed by atoms with Gasteiger partial charge in [-0.25, -0.2) is 0 Å². The van der Waals surface area contributed by atoms with Gasteiger partial charge in [0, 0.05) is 39.9 Å². The Balaban J connectivity index is 2.41. The van der Waals surface area contributed by atoms with Crippen LogP contribution in [0.15, 0.2) is 0 Å². The summed E-state index contributed by atoms with van der Waals surface area (Å²) >= 11 is 0. The van der Waals surface area contributed by atoms with Crippen LogP contribution in [-0.4, -0.2) is 44.9 Å². The maximum atomic E-state index is 11.9. The van der Waals surface area contributed by atoms with E-state index in [0.29, 0.717) is 32.8 Å². The number of hydrogen-bond acceptors (Lipinski definition) is 4. The first kappa shape index (κ1) is 14.4. The predicted molar refractivity (Wildman–Crippen MR) is 65.6 cm³/mol. The Morgan fingerprint density at radius 3 is 2.71 bits per heavy atom. The molecule has 1 aliphatic rings. The molecule has 0 aromatic heterocycles. The predicted octanol–water partition coefficient (Wildman–Crippen LogP) is 0.283. The van der Waals surface area contributed by atoms with E-state index in [9.17, 15) is 4.79 Å². The van der Waals surface area contributed by atoms with Crippen LogP contribution < -0.4 is 11.1 Å². The Hall–Kier alpha value is -0.650. The monoisotopic (exact) mass is 244 g/mol. The lowest BCUT2D eigenvalue weighted by Crippen LogP contribution is -2.56. The fourth-order valence-corrected chi connectivity index (χ4v) is 2.15. The summed E-state index contributed by atoms with van der Waals surface area (Å²) in [6, 6.07) is 0. The molecule has 0 aromatic carbocycles. The van der Waals surface area contributed by atoms with Gasteiger partial charge in [0.05, 0.1) is 5.54 Å². The first-order chi connectivity index (χ1) is 8.12. The molecule has 17 heavy (non-hydrogen) atoms.